The van der Waals surface area contributed by atoms with Gasteiger partial charge in [0.2, 0.25) is 5.91 Å². The van der Waals surface area contributed by atoms with Gasteiger partial charge in [-0.1, -0.05) is 83.9 Å². The van der Waals surface area contributed by atoms with Crippen LogP contribution in [0.5, 0.6) is 0 Å². The second-order valence-electron chi connectivity index (χ2n) is 10.7. The number of hydrogen-bond donors (Lipinski definition) is 1. The summed E-state index contributed by atoms with van der Waals surface area (Å²) < 4.78 is 0. The zero-order valence-corrected chi connectivity index (χ0v) is 22.4. The van der Waals surface area contributed by atoms with E-state index in [1.54, 1.807) is 36.4 Å². The van der Waals surface area contributed by atoms with Gasteiger partial charge in [-0.2, -0.15) is 0 Å². The minimum Gasteiger partial charge on any atom is -0.352 e. The maximum atomic E-state index is 14.7. The van der Waals surface area contributed by atoms with Gasteiger partial charge in [-0.05, 0) is 60.5 Å². The maximum absolute atomic E-state index is 14.7. The Morgan fingerprint density at radius 2 is 1.55 bits per heavy atom. The molecule has 1 fully saturated rings. The van der Waals surface area contributed by atoms with E-state index in [0.29, 0.717) is 21.8 Å². The number of halogens is 1. The summed E-state index contributed by atoms with van der Waals surface area (Å²) in [5, 5.41) is 3.56. The van der Waals surface area contributed by atoms with E-state index in [0.717, 1.165) is 22.4 Å². The van der Waals surface area contributed by atoms with Crippen LogP contribution in [0.2, 0.25) is 5.02 Å². The summed E-state index contributed by atoms with van der Waals surface area (Å²) in [7, 11) is 0. The van der Waals surface area contributed by atoms with Gasteiger partial charge in [-0.15, -0.1) is 0 Å². The van der Waals surface area contributed by atoms with E-state index in [1.165, 1.54) is 0 Å². The maximum Gasteiger partial charge on any atom is 0.238 e. The molecule has 1 saturated heterocycles. The van der Waals surface area contributed by atoms with E-state index in [4.69, 9.17) is 11.6 Å². The number of amides is 1. The number of carbonyl (C=O) groups excluding carboxylic acids is 3. The highest BCUT2D eigenvalue weighted by Crippen LogP contribution is 2.58. The van der Waals surface area contributed by atoms with Crippen molar-refractivity contribution in [3.8, 4) is 0 Å². The molecule has 4 aromatic carbocycles. The second-order valence-corrected chi connectivity index (χ2v) is 11.1. The van der Waals surface area contributed by atoms with E-state index in [1.807, 2.05) is 78.6 Å². The molecule has 1 spiro atoms. The van der Waals surface area contributed by atoms with Crippen molar-refractivity contribution < 1.29 is 14.4 Å². The number of Topliss-reactive ketones (excluding diaryl/α,β-unsaturated/α-hetero) is 2. The van der Waals surface area contributed by atoms with Gasteiger partial charge >= 0.3 is 0 Å². The highest BCUT2D eigenvalue weighted by molar-refractivity contribution is 6.30. The van der Waals surface area contributed by atoms with E-state index >= 15 is 0 Å². The van der Waals surface area contributed by atoms with E-state index in [9.17, 15) is 14.4 Å². The van der Waals surface area contributed by atoms with Crippen molar-refractivity contribution in [1.29, 1.82) is 0 Å². The molecule has 1 amide bonds. The van der Waals surface area contributed by atoms with Gasteiger partial charge in [-0.3, -0.25) is 14.4 Å². The molecule has 0 aromatic heterocycles. The molecule has 0 bridgehead atoms. The Hall–Kier alpha value is -4.48. The molecular weight excluding hydrogens is 520 g/mol. The summed E-state index contributed by atoms with van der Waals surface area (Å²) in [6, 6.07) is 27.8. The number of carbonyl (C=O) groups is 3. The van der Waals surface area contributed by atoms with Gasteiger partial charge in [0, 0.05) is 27.5 Å². The number of benzene rings is 4. The Balaban J connectivity index is 1.54. The van der Waals surface area contributed by atoms with Crippen LogP contribution in [0.25, 0.3) is 6.08 Å². The number of fused-ring (bicyclic) bond motifs is 6. The first-order valence-corrected chi connectivity index (χ1v) is 13.7. The van der Waals surface area contributed by atoms with Gasteiger partial charge in [0.05, 0.1) is 12.0 Å². The third kappa shape index (κ3) is 3.37. The average Bonchev–Trinajstić information content (AvgIpc) is 3.45. The SMILES string of the molecule is Cc1ccc2c(c1)C=CC1N2C(C(=O)c2ccccc2)C(C(=O)c2ccc(Cl)cc2)C12C(=O)Nc1ccccc12. The summed E-state index contributed by atoms with van der Waals surface area (Å²) >= 11 is 6.17. The fourth-order valence-corrected chi connectivity index (χ4v) is 6.99. The van der Waals surface area contributed by atoms with Gasteiger partial charge in [0.15, 0.2) is 11.6 Å². The number of rotatable bonds is 4. The van der Waals surface area contributed by atoms with Crippen LogP contribution >= 0.6 is 11.6 Å². The van der Waals surface area contributed by atoms with Gasteiger partial charge < -0.3 is 10.2 Å². The van der Waals surface area contributed by atoms with Crippen LogP contribution in [0.15, 0.2) is 103 Å². The predicted octanol–water partition coefficient (Wildman–Crippen LogP) is 6.50. The predicted molar refractivity (Wildman–Crippen MR) is 157 cm³/mol. The fraction of sp³-hybridized carbons (Fsp3) is 0.147. The van der Waals surface area contributed by atoms with Gasteiger partial charge in [0.1, 0.15) is 11.5 Å². The van der Waals surface area contributed by atoms with Crippen molar-refractivity contribution in [2.24, 2.45) is 5.92 Å². The molecule has 4 unspecified atom stereocenters. The molecule has 196 valence electrons. The van der Waals surface area contributed by atoms with Crippen LogP contribution in [-0.4, -0.2) is 29.6 Å². The summed E-state index contributed by atoms with van der Waals surface area (Å²) in [5.74, 6) is -1.76. The number of para-hydroxylation sites is 1. The van der Waals surface area contributed by atoms with Gasteiger partial charge in [0.25, 0.3) is 0 Å². The van der Waals surface area contributed by atoms with Gasteiger partial charge in [-0.25, -0.2) is 0 Å². The Kier molecular flexibility index (Phi) is 5.55. The summed E-state index contributed by atoms with van der Waals surface area (Å²) in [5.41, 5.74) is 3.82. The third-order valence-corrected chi connectivity index (χ3v) is 8.78. The molecule has 1 N–H and O–H groups in total. The number of ketones is 2. The zero-order chi connectivity index (χ0) is 27.6. The number of hydrogen-bond acceptors (Lipinski definition) is 4. The first-order chi connectivity index (χ1) is 19.4. The molecule has 3 heterocycles. The fourth-order valence-electron chi connectivity index (χ4n) is 6.87. The molecular formula is C34H25ClN2O3. The van der Waals surface area contributed by atoms with Crippen LogP contribution < -0.4 is 10.2 Å². The highest BCUT2D eigenvalue weighted by Gasteiger charge is 2.70. The Morgan fingerprint density at radius 3 is 2.33 bits per heavy atom. The number of anilines is 2. The first-order valence-electron chi connectivity index (χ1n) is 13.3. The molecule has 3 aliphatic rings. The zero-order valence-electron chi connectivity index (χ0n) is 21.7. The Morgan fingerprint density at radius 1 is 0.850 bits per heavy atom. The largest absolute Gasteiger partial charge is 0.352 e. The molecule has 4 aromatic rings. The molecule has 5 nitrogen and oxygen atoms in total. The van der Waals surface area contributed by atoms with Crippen molar-refractivity contribution in [2.75, 3.05) is 10.2 Å². The molecule has 0 aliphatic carbocycles. The lowest BCUT2D eigenvalue weighted by atomic mass is 9.64. The number of nitrogens with one attached hydrogen (secondary N) is 1. The van der Waals surface area contributed by atoms with E-state index < -0.39 is 23.4 Å². The standard InChI is InChI=1S/C34H25ClN2O3/c1-20-11-17-27-23(19-20)14-18-28-34(25-9-5-6-10-26(25)36-33(34)40)29(31(38)22-12-15-24(35)16-13-22)30(37(27)28)32(39)21-7-3-2-4-8-21/h2-19,28-30H,1H3,(H,36,40). The summed E-state index contributed by atoms with van der Waals surface area (Å²) in [6.07, 6.45) is 4.00. The average molecular weight is 545 g/mol. The van der Waals surface area contributed by atoms with Crippen molar-refractivity contribution >= 4 is 46.5 Å². The van der Waals surface area contributed by atoms with E-state index in [-0.39, 0.29) is 17.5 Å². The first kappa shape index (κ1) is 24.6. The monoisotopic (exact) mass is 544 g/mol. The minimum absolute atomic E-state index is 0.200. The van der Waals surface area contributed by atoms with Crippen molar-refractivity contribution in [3.63, 3.8) is 0 Å². The third-order valence-electron chi connectivity index (χ3n) is 8.53. The molecule has 3 aliphatic heterocycles. The Labute approximate surface area is 237 Å². The molecule has 0 radical (unpaired) electrons. The van der Waals surface area contributed by atoms with Crippen LogP contribution in [0.4, 0.5) is 11.4 Å². The normalized spacial score (nSPS) is 23.9. The van der Waals surface area contributed by atoms with Crippen LogP contribution in [0.1, 0.15) is 37.4 Å². The molecule has 40 heavy (non-hydrogen) atoms. The van der Waals surface area contributed by atoms with Crippen molar-refractivity contribution in [2.45, 2.75) is 24.4 Å². The highest BCUT2D eigenvalue weighted by atomic mass is 35.5. The Bertz CT molecular complexity index is 1730. The van der Waals surface area contributed by atoms with Crippen LogP contribution in [0, 0.1) is 12.8 Å². The number of nitrogens with zero attached hydrogens (tertiary/aromatic N) is 1. The van der Waals surface area contributed by atoms with Crippen molar-refractivity contribution in [3.05, 3.63) is 136 Å². The van der Waals surface area contributed by atoms with Crippen molar-refractivity contribution in [1.82, 2.24) is 0 Å². The summed E-state index contributed by atoms with van der Waals surface area (Å²) in [6.45, 7) is 2.02. The quantitative estimate of drug-likeness (QED) is 0.298. The smallest absolute Gasteiger partial charge is 0.238 e. The lowest BCUT2D eigenvalue weighted by Crippen LogP contribution is -2.51. The molecule has 6 heteroatoms. The topological polar surface area (TPSA) is 66.5 Å². The minimum atomic E-state index is -1.33. The number of aryl methyl sites for hydroxylation is 1. The lowest BCUT2D eigenvalue weighted by molar-refractivity contribution is -0.121. The van der Waals surface area contributed by atoms with Crippen LogP contribution in [0.3, 0.4) is 0 Å². The summed E-state index contributed by atoms with van der Waals surface area (Å²) in [4.78, 5) is 45.6. The van der Waals surface area contributed by atoms with E-state index in [2.05, 4.69) is 11.4 Å². The van der Waals surface area contributed by atoms with Crippen LogP contribution in [-0.2, 0) is 10.2 Å². The lowest BCUT2D eigenvalue weighted by Gasteiger charge is -2.37. The second kappa shape index (κ2) is 9.04. The molecule has 7 rings (SSSR count). The molecule has 4 atom stereocenters. The molecule has 0 saturated carbocycles.